The largest absolute Gasteiger partial charge is 0.481 e. The van der Waals surface area contributed by atoms with Crippen molar-refractivity contribution in [2.24, 2.45) is 0 Å². The van der Waals surface area contributed by atoms with Gasteiger partial charge in [-0.1, -0.05) is 11.8 Å². The Labute approximate surface area is 192 Å². The predicted octanol–water partition coefficient (Wildman–Crippen LogP) is 1.54. The van der Waals surface area contributed by atoms with Gasteiger partial charge in [-0.3, -0.25) is 14.4 Å². The summed E-state index contributed by atoms with van der Waals surface area (Å²) in [5, 5.41) is 2.11. The van der Waals surface area contributed by atoms with Crippen molar-refractivity contribution < 1.29 is 46.7 Å². The van der Waals surface area contributed by atoms with Crippen LogP contribution in [0.2, 0.25) is 0 Å². The lowest BCUT2D eigenvalue weighted by atomic mass is 10.0. The third-order valence-electron chi connectivity index (χ3n) is 4.35. The molecule has 1 N–H and O–H groups in total. The van der Waals surface area contributed by atoms with E-state index in [4.69, 9.17) is 27.2 Å². The maximum atomic E-state index is 12.6. The van der Waals surface area contributed by atoms with Crippen LogP contribution in [0.25, 0.3) is 0 Å². The number of hydrogen-bond acceptors (Lipinski definition) is 7. The minimum absolute atomic E-state index is 0.0423. The molecule has 0 radical (unpaired) electrons. The van der Waals surface area contributed by atoms with Gasteiger partial charge < -0.3 is 19.6 Å². The standard InChI is InChI=1S/C22H19F3N2O7/c1-3-10-32-16-12-14(20(30)34-27-18(28)7-8-19(27)29)13-17(33-11-4-2)15(16)6-5-9-26-21(31)22(23,24)25/h1-2,12-13H,5-11H2,(H,26,31). The van der Waals surface area contributed by atoms with Gasteiger partial charge in [-0.15, -0.1) is 17.9 Å². The molecule has 1 aromatic carbocycles. The van der Waals surface area contributed by atoms with Crippen molar-refractivity contribution in [3.8, 4) is 36.2 Å². The smallest absolute Gasteiger partial charge is 0.471 e. The molecule has 0 aliphatic carbocycles. The molecule has 0 aromatic heterocycles. The van der Waals surface area contributed by atoms with Gasteiger partial charge in [-0.25, -0.2) is 4.79 Å². The molecule has 0 bridgehead atoms. The molecule has 2 rings (SSSR count). The number of alkyl halides is 3. The third-order valence-corrected chi connectivity index (χ3v) is 4.35. The molecule has 9 nitrogen and oxygen atoms in total. The highest BCUT2D eigenvalue weighted by molar-refractivity contribution is 6.02. The average Bonchev–Trinajstić information content (AvgIpc) is 3.10. The van der Waals surface area contributed by atoms with Crippen molar-refractivity contribution in [2.75, 3.05) is 19.8 Å². The maximum absolute atomic E-state index is 12.6. The van der Waals surface area contributed by atoms with Gasteiger partial charge in [0.15, 0.2) is 0 Å². The third kappa shape index (κ3) is 6.90. The first kappa shape index (κ1) is 26.1. The van der Waals surface area contributed by atoms with Gasteiger partial charge in [0.2, 0.25) is 0 Å². The molecule has 0 saturated carbocycles. The van der Waals surface area contributed by atoms with Crippen LogP contribution < -0.4 is 14.8 Å². The van der Waals surface area contributed by atoms with Crippen molar-refractivity contribution in [1.29, 1.82) is 0 Å². The summed E-state index contributed by atoms with van der Waals surface area (Å²) in [5.41, 5.74) is 0.150. The lowest BCUT2D eigenvalue weighted by molar-refractivity contribution is -0.173. The molecule has 0 spiro atoms. The molecule has 1 aliphatic rings. The fraction of sp³-hybridized carbons (Fsp3) is 0.364. The summed E-state index contributed by atoms with van der Waals surface area (Å²) in [6, 6.07) is 2.44. The predicted molar refractivity (Wildman–Crippen MR) is 109 cm³/mol. The summed E-state index contributed by atoms with van der Waals surface area (Å²) in [6.45, 7) is -0.771. The zero-order chi connectivity index (χ0) is 25.3. The molecule has 1 heterocycles. The highest BCUT2D eigenvalue weighted by Gasteiger charge is 2.38. The Hall–Kier alpha value is -4.19. The van der Waals surface area contributed by atoms with E-state index in [-0.39, 0.29) is 62.5 Å². The van der Waals surface area contributed by atoms with Crippen LogP contribution >= 0.6 is 0 Å². The Kier molecular flexibility index (Phi) is 8.90. The van der Waals surface area contributed by atoms with Gasteiger partial charge in [0.25, 0.3) is 11.8 Å². The van der Waals surface area contributed by atoms with Crippen LogP contribution in [0.4, 0.5) is 13.2 Å². The van der Waals surface area contributed by atoms with Crippen LogP contribution in [0.3, 0.4) is 0 Å². The molecule has 34 heavy (non-hydrogen) atoms. The topological polar surface area (TPSA) is 111 Å². The average molecular weight is 480 g/mol. The summed E-state index contributed by atoms with van der Waals surface area (Å²) < 4.78 is 47.9. The van der Waals surface area contributed by atoms with E-state index in [0.717, 1.165) is 0 Å². The van der Waals surface area contributed by atoms with Crippen LogP contribution in [0.1, 0.15) is 35.2 Å². The lowest BCUT2D eigenvalue weighted by Gasteiger charge is -2.18. The molecule has 1 saturated heterocycles. The Morgan fingerprint density at radius 2 is 1.56 bits per heavy atom. The SMILES string of the molecule is C#CCOc1cc(C(=O)ON2C(=O)CCC2=O)cc(OCC#C)c1CCCNC(=O)C(F)(F)F. The second kappa shape index (κ2) is 11.6. The number of benzene rings is 1. The van der Waals surface area contributed by atoms with Crippen LogP contribution in [0.15, 0.2) is 12.1 Å². The second-order valence-corrected chi connectivity index (χ2v) is 6.75. The van der Waals surface area contributed by atoms with Gasteiger partial charge in [-0.2, -0.15) is 13.2 Å². The molecule has 12 heteroatoms. The first-order valence-corrected chi connectivity index (χ1v) is 9.81. The number of halogens is 3. The van der Waals surface area contributed by atoms with Gasteiger partial charge in [-0.05, 0) is 25.0 Å². The van der Waals surface area contributed by atoms with Crippen LogP contribution in [0.5, 0.6) is 11.5 Å². The number of hydroxylamine groups is 2. The van der Waals surface area contributed by atoms with Gasteiger partial charge >= 0.3 is 18.1 Å². The molecule has 180 valence electrons. The second-order valence-electron chi connectivity index (χ2n) is 6.75. The fourth-order valence-corrected chi connectivity index (χ4v) is 2.84. The number of ether oxygens (including phenoxy) is 2. The number of nitrogens with one attached hydrogen (secondary N) is 1. The number of terminal acetylenes is 2. The normalized spacial score (nSPS) is 13.1. The quantitative estimate of drug-likeness (QED) is 0.307. The monoisotopic (exact) mass is 480 g/mol. The van der Waals surface area contributed by atoms with Crippen LogP contribution in [0, 0.1) is 24.7 Å². The number of carbonyl (C=O) groups is 4. The lowest BCUT2D eigenvalue weighted by Crippen LogP contribution is -2.37. The number of hydrogen-bond donors (Lipinski definition) is 1. The van der Waals surface area contributed by atoms with Gasteiger partial charge in [0, 0.05) is 24.9 Å². The minimum Gasteiger partial charge on any atom is -0.481 e. The number of carbonyl (C=O) groups excluding carboxylic acids is 4. The highest BCUT2D eigenvalue weighted by atomic mass is 19.4. The van der Waals surface area contributed by atoms with Crippen LogP contribution in [-0.2, 0) is 25.6 Å². The van der Waals surface area contributed by atoms with E-state index < -0.39 is 29.9 Å². The Morgan fingerprint density at radius 1 is 1.03 bits per heavy atom. The van der Waals surface area contributed by atoms with E-state index in [1.54, 1.807) is 5.32 Å². The number of nitrogens with zero attached hydrogens (tertiary/aromatic N) is 1. The van der Waals surface area contributed by atoms with E-state index in [9.17, 15) is 32.3 Å². The van der Waals surface area contributed by atoms with Crippen molar-refractivity contribution in [1.82, 2.24) is 10.4 Å². The van der Waals surface area contributed by atoms with E-state index in [1.807, 2.05) is 0 Å². The van der Waals surface area contributed by atoms with Gasteiger partial charge in [0.1, 0.15) is 24.7 Å². The number of rotatable bonds is 10. The van der Waals surface area contributed by atoms with Crippen molar-refractivity contribution in [3.05, 3.63) is 23.3 Å². The summed E-state index contributed by atoms with van der Waals surface area (Å²) >= 11 is 0. The van der Waals surface area contributed by atoms with E-state index in [0.29, 0.717) is 10.6 Å². The number of imide groups is 1. The Balaban J connectivity index is 2.28. The van der Waals surface area contributed by atoms with E-state index in [1.165, 1.54) is 12.1 Å². The zero-order valence-electron chi connectivity index (χ0n) is 17.7. The summed E-state index contributed by atoms with van der Waals surface area (Å²) in [7, 11) is 0. The molecule has 1 fully saturated rings. The van der Waals surface area contributed by atoms with Crippen molar-refractivity contribution in [3.63, 3.8) is 0 Å². The molecular formula is C22H19F3N2O7. The zero-order valence-corrected chi connectivity index (χ0v) is 17.7. The molecule has 1 aromatic rings. The Morgan fingerprint density at radius 3 is 2.03 bits per heavy atom. The molecule has 3 amide bonds. The molecule has 0 atom stereocenters. The minimum atomic E-state index is -5.01. The Bertz CT molecular complexity index is 999. The molecular weight excluding hydrogens is 461 g/mol. The summed E-state index contributed by atoms with van der Waals surface area (Å²) in [6.07, 6.45) is 5.33. The maximum Gasteiger partial charge on any atom is 0.471 e. The first-order chi connectivity index (χ1) is 16.1. The van der Waals surface area contributed by atoms with E-state index in [2.05, 4.69) is 11.8 Å². The summed E-state index contributed by atoms with van der Waals surface area (Å²) in [5.74, 6) is 0.0500. The van der Waals surface area contributed by atoms with Crippen molar-refractivity contribution >= 4 is 23.7 Å². The molecule has 0 unspecified atom stereocenters. The number of amides is 3. The van der Waals surface area contributed by atoms with Gasteiger partial charge in [0.05, 0.1) is 5.56 Å². The highest BCUT2D eigenvalue weighted by Crippen LogP contribution is 2.33. The van der Waals surface area contributed by atoms with Crippen LogP contribution in [-0.4, -0.2) is 54.7 Å². The fourth-order valence-electron chi connectivity index (χ4n) is 2.84. The summed E-state index contributed by atoms with van der Waals surface area (Å²) in [4.78, 5) is 51.9. The van der Waals surface area contributed by atoms with Crippen molar-refractivity contribution in [2.45, 2.75) is 31.9 Å². The van der Waals surface area contributed by atoms with E-state index >= 15 is 0 Å². The molecule has 1 aliphatic heterocycles. The first-order valence-electron chi connectivity index (χ1n) is 9.81.